The van der Waals surface area contributed by atoms with E-state index in [0.717, 1.165) is 6.92 Å². The van der Waals surface area contributed by atoms with Crippen LogP contribution in [0.15, 0.2) is 0 Å². The molecule has 10 atom stereocenters. The minimum atomic E-state index is -2.05. The van der Waals surface area contributed by atoms with Crippen LogP contribution in [0, 0.1) is 0 Å². The molecule has 156 valence electrons. The fourth-order valence-corrected chi connectivity index (χ4v) is 2.94. The van der Waals surface area contributed by atoms with E-state index in [2.05, 4.69) is 5.32 Å². The minimum absolute atomic E-state index is 0. The van der Waals surface area contributed by atoms with Gasteiger partial charge in [0.1, 0.15) is 48.8 Å². The van der Waals surface area contributed by atoms with Gasteiger partial charge in [-0.1, -0.05) is 0 Å². The summed E-state index contributed by atoms with van der Waals surface area (Å²) in [6.45, 7) is 0.369. The molecule has 0 spiro atoms. The summed E-state index contributed by atoms with van der Waals surface area (Å²) < 4.78 is 15.2. The maximum Gasteiger partial charge on any atom is 1.00 e. The van der Waals surface area contributed by atoms with Crippen LogP contribution in [0.25, 0.3) is 0 Å². The van der Waals surface area contributed by atoms with Gasteiger partial charge in [-0.3, -0.25) is 4.79 Å². The van der Waals surface area contributed by atoms with Crippen molar-refractivity contribution in [1.29, 1.82) is 0 Å². The molecule has 2 saturated heterocycles. The molecule has 0 radical (unpaired) electrons. The first kappa shape index (κ1) is 25.6. The Labute approximate surface area is 181 Å². The molecular formula is C14H22NNaO12. The van der Waals surface area contributed by atoms with Crippen molar-refractivity contribution in [1.82, 2.24) is 5.32 Å². The van der Waals surface area contributed by atoms with Gasteiger partial charge in [0.05, 0.1) is 12.6 Å². The van der Waals surface area contributed by atoms with E-state index in [9.17, 15) is 45.3 Å². The second-order valence-corrected chi connectivity index (χ2v) is 6.28. The number of aliphatic hydroxyl groups is 6. The van der Waals surface area contributed by atoms with Crippen LogP contribution in [0.3, 0.4) is 0 Å². The van der Waals surface area contributed by atoms with E-state index in [1.165, 1.54) is 0 Å². The van der Waals surface area contributed by atoms with Crippen molar-refractivity contribution in [2.75, 3.05) is 6.61 Å². The number of hydrogen-bond acceptors (Lipinski definition) is 12. The molecule has 2 heterocycles. The Kier molecular flexibility index (Phi) is 9.66. The number of ether oxygens (including phenoxy) is 3. The maximum absolute atomic E-state index is 11.3. The minimum Gasteiger partial charge on any atom is -0.547 e. The second kappa shape index (κ2) is 10.6. The van der Waals surface area contributed by atoms with Gasteiger partial charge in [-0.05, 0) is 0 Å². The molecule has 4 unspecified atom stereocenters. The average Bonchev–Trinajstić information content (AvgIpc) is 2.60. The number of amides is 1. The molecule has 2 fully saturated rings. The van der Waals surface area contributed by atoms with Crippen molar-refractivity contribution in [3.63, 3.8) is 0 Å². The van der Waals surface area contributed by atoms with E-state index in [1.54, 1.807) is 0 Å². The number of carbonyl (C=O) groups excluding carboxylic acids is 2. The van der Waals surface area contributed by atoms with E-state index in [0.29, 0.717) is 0 Å². The normalized spacial score (nSPS) is 43.7. The fraction of sp³-hybridized carbons (Fsp3) is 0.857. The number of hydrogen-bond donors (Lipinski definition) is 7. The van der Waals surface area contributed by atoms with E-state index < -0.39 is 79.8 Å². The van der Waals surface area contributed by atoms with Crippen LogP contribution >= 0.6 is 0 Å². The quantitative estimate of drug-likeness (QED) is 0.207. The predicted molar refractivity (Wildman–Crippen MR) is 78.1 cm³/mol. The number of carbonyl (C=O) groups is 2. The van der Waals surface area contributed by atoms with Crippen molar-refractivity contribution in [2.24, 2.45) is 0 Å². The van der Waals surface area contributed by atoms with E-state index in [4.69, 9.17) is 14.2 Å². The molecule has 14 heteroatoms. The van der Waals surface area contributed by atoms with Gasteiger partial charge in [0.15, 0.2) is 12.6 Å². The third-order valence-electron chi connectivity index (χ3n) is 4.34. The smallest absolute Gasteiger partial charge is 0.547 e. The predicted octanol–water partition coefficient (Wildman–Crippen LogP) is -9.49. The van der Waals surface area contributed by atoms with Gasteiger partial charge in [-0.2, -0.15) is 0 Å². The van der Waals surface area contributed by atoms with E-state index in [-0.39, 0.29) is 29.6 Å². The molecule has 2 aliphatic heterocycles. The molecule has 1 amide bonds. The summed E-state index contributed by atoms with van der Waals surface area (Å²) in [5.41, 5.74) is 0. The molecule has 7 N–H and O–H groups in total. The van der Waals surface area contributed by atoms with Crippen LogP contribution < -0.4 is 40.0 Å². The van der Waals surface area contributed by atoms with Crippen LogP contribution in [-0.2, 0) is 23.8 Å². The van der Waals surface area contributed by atoms with E-state index in [1.807, 2.05) is 0 Å². The van der Waals surface area contributed by atoms with Gasteiger partial charge >= 0.3 is 29.6 Å². The van der Waals surface area contributed by atoms with Gasteiger partial charge < -0.3 is 60.1 Å². The van der Waals surface area contributed by atoms with Crippen LogP contribution in [0.2, 0.25) is 0 Å². The van der Waals surface area contributed by atoms with Crippen molar-refractivity contribution in [3.8, 4) is 0 Å². The number of aliphatic hydroxyl groups excluding tert-OH is 6. The zero-order chi connectivity index (χ0) is 20.5. The standard InChI is InChI=1S/C14H23NO12.Na/c1-3(17)15-5-10(6(18)4(2-16)25-13(5)24)26-14-9(21)7(19)8(20)11(27-14)12(22)23;/h4-11,13-14,16,18-21,24H,2H2,1H3,(H,15,17)(H,22,23);/q;+1/p-1/t4?,5?,6-,7-,8+,9?,10+,11?,13-,14-;/m1./s1. The summed E-state index contributed by atoms with van der Waals surface area (Å²) >= 11 is 0. The van der Waals surface area contributed by atoms with Gasteiger partial charge in [0.25, 0.3) is 0 Å². The zero-order valence-electron chi connectivity index (χ0n) is 15.1. The number of rotatable bonds is 5. The van der Waals surface area contributed by atoms with Crippen molar-refractivity contribution in [2.45, 2.75) is 68.3 Å². The third-order valence-corrected chi connectivity index (χ3v) is 4.34. The summed E-state index contributed by atoms with van der Waals surface area (Å²) in [5.74, 6) is -2.53. The van der Waals surface area contributed by atoms with Crippen molar-refractivity contribution in [3.05, 3.63) is 0 Å². The summed E-state index contributed by atoms with van der Waals surface area (Å²) in [6.07, 6.45) is -16.1. The first-order valence-electron chi connectivity index (χ1n) is 8.04. The molecule has 0 aromatic rings. The fourth-order valence-electron chi connectivity index (χ4n) is 2.94. The molecular weight excluding hydrogens is 397 g/mol. The Morgan fingerprint density at radius 2 is 1.64 bits per heavy atom. The van der Waals surface area contributed by atoms with Gasteiger partial charge in [-0.25, -0.2) is 0 Å². The molecule has 28 heavy (non-hydrogen) atoms. The van der Waals surface area contributed by atoms with Crippen LogP contribution in [-0.4, -0.2) is 110 Å². The van der Waals surface area contributed by atoms with Crippen LogP contribution in [0.5, 0.6) is 0 Å². The Morgan fingerprint density at radius 1 is 1.04 bits per heavy atom. The van der Waals surface area contributed by atoms with Crippen LogP contribution in [0.4, 0.5) is 0 Å². The van der Waals surface area contributed by atoms with Gasteiger partial charge in [0.2, 0.25) is 5.91 Å². The number of nitrogens with one attached hydrogen (secondary N) is 1. The van der Waals surface area contributed by atoms with Gasteiger partial charge in [-0.15, -0.1) is 0 Å². The summed E-state index contributed by atoms with van der Waals surface area (Å²) in [5, 5.41) is 72.2. The van der Waals surface area contributed by atoms with Crippen molar-refractivity contribution < 1.29 is 89.1 Å². The monoisotopic (exact) mass is 419 g/mol. The first-order valence-corrected chi connectivity index (χ1v) is 8.04. The Balaban J connectivity index is 0.00000392. The summed E-state index contributed by atoms with van der Waals surface area (Å²) in [6, 6.07) is -1.39. The number of carboxylic acid groups (broad SMARTS) is 1. The Hall–Kier alpha value is -0.420. The zero-order valence-corrected chi connectivity index (χ0v) is 17.1. The molecule has 13 nitrogen and oxygen atoms in total. The first-order chi connectivity index (χ1) is 12.6. The Morgan fingerprint density at radius 3 is 2.14 bits per heavy atom. The molecule has 0 bridgehead atoms. The largest absolute Gasteiger partial charge is 1.00 e. The number of carboxylic acids is 1. The topological polar surface area (TPSA) is 218 Å². The number of aliphatic carboxylic acids is 1. The summed E-state index contributed by atoms with van der Waals surface area (Å²) in [4.78, 5) is 22.4. The second-order valence-electron chi connectivity index (χ2n) is 6.28. The third kappa shape index (κ3) is 5.38. The average molecular weight is 419 g/mol. The summed E-state index contributed by atoms with van der Waals surface area (Å²) in [7, 11) is 0. The molecule has 2 rings (SSSR count). The van der Waals surface area contributed by atoms with Crippen LogP contribution in [0.1, 0.15) is 6.92 Å². The molecule has 0 saturated carbocycles. The van der Waals surface area contributed by atoms with Crippen molar-refractivity contribution >= 4 is 11.9 Å². The molecule has 0 aromatic carbocycles. The SMILES string of the molecule is CC(=O)NC1[C@H](O)OC(CO)[C@@H](O)[C@H]1O[C@@H]1OC(C(=O)[O-])[C@@H](O)[C@@H](O)C1O.[Na+]. The maximum atomic E-state index is 11.3. The van der Waals surface area contributed by atoms with Gasteiger partial charge in [0, 0.05) is 6.92 Å². The molecule has 0 aliphatic carbocycles. The Bertz CT molecular complexity index is 552. The molecule has 0 aromatic heterocycles. The van der Waals surface area contributed by atoms with E-state index >= 15 is 0 Å². The molecule has 2 aliphatic rings.